The molecule has 172 valence electrons. The van der Waals surface area contributed by atoms with Crippen molar-refractivity contribution in [2.75, 3.05) is 57.3 Å². The lowest BCUT2D eigenvalue weighted by Crippen LogP contribution is -2.48. The molecular weight excluding hydrogens is 431 g/mol. The Morgan fingerprint density at radius 2 is 1.50 bits per heavy atom. The third kappa shape index (κ3) is 5.28. The van der Waals surface area contributed by atoms with Crippen molar-refractivity contribution in [1.29, 1.82) is 0 Å². The van der Waals surface area contributed by atoms with Crippen LogP contribution in [0.5, 0.6) is 0 Å². The molecule has 0 saturated carbocycles. The van der Waals surface area contributed by atoms with Gasteiger partial charge in [0.2, 0.25) is 10.0 Å². The van der Waals surface area contributed by atoms with E-state index in [0.717, 1.165) is 51.3 Å². The Morgan fingerprint density at radius 1 is 0.875 bits per heavy atom. The Labute approximate surface area is 188 Å². The number of hydrogen-bond donors (Lipinski definition) is 1. The summed E-state index contributed by atoms with van der Waals surface area (Å²) in [6.45, 7) is 5.82. The molecule has 2 aromatic carbocycles. The molecule has 7 nitrogen and oxygen atoms in total. The lowest BCUT2D eigenvalue weighted by molar-refractivity contribution is 0.0947. The standard InChI is InChI=1S/C23H29FN4O3S/c24-20-5-7-21(8-6-20)27-17-15-26(16-18-27)14-11-25-23(29)19-3-9-22(10-4-19)32(30,31)28-12-1-2-13-28/h3-10H,1-2,11-18H2,(H,25,29). The third-order valence-corrected chi connectivity index (χ3v) is 8.01. The minimum atomic E-state index is -3.47. The monoisotopic (exact) mass is 460 g/mol. The number of sulfonamides is 1. The van der Waals surface area contributed by atoms with Crippen LogP contribution < -0.4 is 10.2 Å². The molecule has 2 fully saturated rings. The number of nitrogens with one attached hydrogen (secondary N) is 1. The second-order valence-electron chi connectivity index (χ2n) is 8.20. The first-order valence-electron chi connectivity index (χ1n) is 11.0. The molecule has 2 saturated heterocycles. The summed E-state index contributed by atoms with van der Waals surface area (Å²) in [5.41, 5.74) is 1.47. The third-order valence-electron chi connectivity index (χ3n) is 6.10. The van der Waals surface area contributed by atoms with Crippen molar-refractivity contribution in [3.63, 3.8) is 0 Å². The van der Waals surface area contributed by atoms with E-state index in [9.17, 15) is 17.6 Å². The maximum Gasteiger partial charge on any atom is 0.251 e. The number of carbonyl (C=O) groups excluding carboxylic acids is 1. The van der Waals surface area contributed by atoms with Crippen LogP contribution in [0.3, 0.4) is 0 Å². The average Bonchev–Trinajstić information content (AvgIpc) is 3.36. The van der Waals surface area contributed by atoms with Gasteiger partial charge in [-0.2, -0.15) is 4.31 Å². The molecule has 2 aliphatic heterocycles. The number of carbonyl (C=O) groups is 1. The first-order valence-corrected chi connectivity index (χ1v) is 12.5. The van der Waals surface area contributed by atoms with Crippen molar-refractivity contribution in [2.45, 2.75) is 17.7 Å². The number of hydrogen-bond acceptors (Lipinski definition) is 5. The number of amides is 1. The molecule has 9 heteroatoms. The summed E-state index contributed by atoms with van der Waals surface area (Å²) in [5.74, 6) is -0.439. The van der Waals surface area contributed by atoms with E-state index in [1.165, 1.54) is 28.6 Å². The molecule has 2 heterocycles. The van der Waals surface area contributed by atoms with Crippen molar-refractivity contribution in [2.24, 2.45) is 0 Å². The van der Waals surface area contributed by atoms with E-state index in [2.05, 4.69) is 15.1 Å². The van der Waals surface area contributed by atoms with Gasteiger partial charge in [-0.1, -0.05) is 0 Å². The number of anilines is 1. The van der Waals surface area contributed by atoms with E-state index >= 15 is 0 Å². The maximum absolute atomic E-state index is 13.1. The molecule has 0 aromatic heterocycles. The predicted octanol–water partition coefficient (Wildman–Crippen LogP) is 2.16. The van der Waals surface area contributed by atoms with Crippen LogP contribution in [0.4, 0.5) is 10.1 Å². The molecular formula is C23H29FN4O3S. The highest BCUT2D eigenvalue weighted by molar-refractivity contribution is 7.89. The van der Waals surface area contributed by atoms with Gasteiger partial charge in [0.15, 0.2) is 0 Å². The molecule has 0 atom stereocenters. The van der Waals surface area contributed by atoms with Crippen molar-refractivity contribution in [1.82, 2.24) is 14.5 Å². The minimum Gasteiger partial charge on any atom is -0.369 e. The van der Waals surface area contributed by atoms with Crippen molar-refractivity contribution in [3.8, 4) is 0 Å². The van der Waals surface area contributed by atoms with Gasteiger partial charge in [0, 0.05) is 63.6 Å². The van der Waals surface area contributed by atoms with E-state index in [1.807, 2.05) is 0 Å². The zero-order valence-electron chi connectivity index (χ0n) is 18.0. The number of rotatable bonds is 7. The second-order valence-corrected chi connectivity index (χ2v) is 10.1. The van der Waals surface area contributed by atoms with Crippen LogP contribution >= 0.6 is 0 Å². The summed E-state index contributed by atoms with van der Waals surface area (Å²) in [6.07, 6.45) is 1.78. The molecule has 0 radical (unpaired) electrons. The Bertz CT molecular complexity index is 1010. The first-order chi connectivity index (χ1) is 15.4. The Kier molecular flexibility index (Phi) is 7.07. The SMILES string of the molecule is O=C(NCCN1CCN(c2ccc(F)cc2)CC1)c1ccc(S(=O)(=O)N2CCCC2)cc1. The fourth-order valence-electron chi connectivity index (χ4n) is 4.17. The molecule has 2 aliphatic rings. The van der Waals surface area contributed by atoms with Gasteiger partial charge in [-0.05, 0) is 61.4 Å². The summed E-state index contributed by atoms with van der Waals surface area (Å²) < 4.78 is 39.8. The van der Waals surface area contributed by atoms with E-state index < -0.39 is 10.0 Å². The molecule has 0 spiro atoms. The highest BCUT2D eigenvalue weighted by Crippen LogP contribution is 2.21. The maximum atomic E-state index is 13.1. The lowest BCUT2D eigenvalue weighted by Gasteiger charge is -2.36. The number of halogens is 1. The van der Waals surface area contributed by atoms with Crippen molar-refractivity contribution >= 4 is 21.6 Å². The molecule has 1 amide bonds. The van der Waals surface area contributed by atoms with Gasteiger partial charge in [0.1, 0.15) is 5.82 Å². The topological polar surface area (TPSA) is 73.0 Å². The van der Waals surface area contributed by atoms with Gasteiger partial charge in [0.25, 0.3) is 5.91 Å². The van der Waals surface area contributed by atoms with Crippen LogP contribution in [0.25, 0.3) is 0 Å². The van der Waals surface area contributed by atoms with E-state index in [1.54, 1.807) is 24.3 Å². The highest BCUT2D eigenvalue weighted by atomic mass is 32.2. The van der Waals surface area contributed by atoms with Gasteiger partial charge >= 0.3 is 0 Å². The van der Waals surface area contributed by atoms with E-state index in [0.29, 0.717) is 25.2 Å². The van der Waals surface area contributed by atoms with Crippen LogP contribution in [-0.4, -0.2) is 75.9 Å². The number of piperazine rings is 1. The minimum absolute atomic E-state index is 0.208. The molecule has 0 unspecified atom stereocenters. The van der Waals surface area contributed by atoms with Gasteiger partial charge in [-0.3, -0.25) is 9.69 Å². The number of nitrogens with zero attached hydrogens (tertiary/aromatic N) is 3. The molecule has 0 aliphatic carbocycles. The summed E-state index contributed by atoms with van der Waals surface area (Å²) >= 11 is 0. The fraction of sp³-hybridized carbons (Fsp3) is 0.435. The first kappa shape index (κ1) is 22.7. The smallest absolute Gasteiger partial charge is 0.251 e. The zero-order chi connectivity index (χ0) is 22.6. The molecule has 4 rings (SSSR count). The van der Waals surface area contributed by atoms with Crippen LogP contribution in [0, 0.1) is 5.82 Å². The molecule has 2 aromatic rings. The van der Waals surface area contributed by atoms with E-state index in [4.69, 9.17) is 0 Å². The summed E-state index contributed by atoms with van der Waals surface area (Å²) in [5, 5.41) is 2.91. The van der Waals surface area contributed by atoms with Crippen LogP contribution in [0.15, 0.2) is 53.4 Å². The van der Waals surface area contributed by atoms with E-state index in [-0.39, 0.29) is 16.6 Å². The average molecular weight is 461 g/mol. The summed E-state index contributed by atoms with van der Waals surface area (Å²) in [4.78, 5) is 17.2. The van der Waals surface area contributed by atoms with Gasteiger partial charge in [0.05, 0.1) is 4.90 Å². The Hall–Kier alpha value is -2.49. The fourth-order valence-corrected chi connectivity index (χ4v) is 5.68. The lowest BCUT2D eigenvalue weighted by atomic mass is 10.2. The van der Waals surface area contributed by atoms with Crippen LogP contribution in [-0.2, 0) is 10.0 Å². The quantitative estimate of drug-likeness (QED) is 0.686. The predicted molar refractivity (Wildman–Crippen MR) is 122 cm³/mol. The van der Waals surface area contributed by atoms with Crippen LogP contribution in [0.2, 0.25) is 0 Å². The largest absolute Gasteiger partial charge is 0.369 e. The Balaban J connectivity index is 1.22. The molecule has 1 N–H and O–H groups in total. The van der Waals surface area contributed by atoms with Crippen molar-refractivity contribution < 1.29 is 17.6 Å². The second kappa shape index (κ2) is 9.97. The van der Waals surface area contributed by atoms with Crippen molar-refractivity contribution in [3.05, 3.63) is 59.9 Å². The molecule has 32 heavy (non-hydrogen) atoms. The van der Waals surface area contributed by atoms with Gasteiger partial charge < -0.3 is 10.2 Å². The summed E-state index contributed by atoms with van der Waals surface area (Å²) in [7, 11) is -3.47. The Morgan fingerprint density at radius 3 is 2.12 bits per heavy atom. The zero-order valence-corrected chi connectivity index (χ0v) is 18.9. The summed E-state index contributed by atoms with van der Waals surface area (Å²) in [6, 6.07) is 12.7. The number of benzene rings is 2. The van der Waals surface area contributed by atoms with Gasteiger partial charge in [-0.25, -0.2) is 12.8 Å². The van der Waals surface area contributed by atoms with Gasteiger partial charge in [-0.15, -0.1) is 0 Å². The molecule has 0 bridgehead atoms. The van der Waals surface area contributed by atoms with Crippen LogP contribution in [0.1, 0.15) is 23.2 Å². The normalized spacial score (nSPS) is 18.1. The highest BCUT2D eigenvalue weighted by Gasteiger charge is 2.27.